The van der Waals surface area contributed by atoms with Crippen LogP contribution in [-0.2, 0) is 7.05 Å². The molecule has 0 radical (unpaired) electrons. The van der Waals surface area contributed by atoms with Gasteiger partial charge < -0.3 is 5.32 Å². The van der Waals surface area contributed by atoms with Crippen LogP contribution >= 0.6 is 0 Å². The second-order valence-electron chi connectivity index (χ2n) is 4.30. The van der Waals surface area contributed by atoms with Crippen LogP contribution in [0.2, 0.25) is 0 Å². The third kappa shape index (κ3) is 1.98. The summed E-state index contributed by atoms with van der Waals surface area (Å²) in [4.78, 5) is 0. The molecule has 3 nitrogen and oxygen atoms in total. The molecule has 1 aliphatic rings. The summed E-state index contributed by atoms with van der Waals surface area (Å²) in [5.74, 6) is 0.717. The van der Waals surface area contributed by atoms with Gasteiger partial charge in [-0.3, -0.25) is 4.68 Å². The maximum absolute atomic E-state index is 4.24. The molecular weight excluding hydrogens is 174 g/mol. The van der Waals surface area contributed by atoms with E-state index < -0.39 is 0 Å². The molecule has 2 rings (SSSR count). The van der Waals surface area contributed by atoms with Crippen molar-refractivity contribution in [3.05, 3.63) is 18.0 Å². The lowest BCUT2D eigenvalue weighted by molar-refractivity contribution is 0.355. The number of rotatable bonds is 2. The largest absolute Gasteiger partial charge is 0.317 e. The normalized spacial score (nSPS) is 27.9. The van der Waals surface area contributed by atoms with Gasteiger partial charge in [0.25, 0.3) is 0 Å². The molecule has 3 heteroatoms. The molecule has 14 heavy (non-hydrogen) atoms. The van der Waals surface area contributed by atoms with Crippen LogP contribution in [-0.4, -0.2) is 22.9 Å². The maximum Gasteiger partial charge on any atom is 0.0524 e. The van der Waals surface area contributed by atoms with Gasteiger partial charge in [0.05, 0.1) is 6.20 Å². The summed E-state index contributed by atoms with van der Waals surface area (Å²) >= 11 is 0. The molecule has 0 bridgehead atoms. The third-order valence-electron chi connectivity index (χ3n) is 3.28. The van der Waals surface area contributed by atoms with E-state index in [1.54, 1.807) is 0 Å². The Hall–Kier alpha value is -0.830. The lowest BCUT2D eigenvalue weighted by atomic mass is 9.82. The summed E-state index contributed by atoms with van der Waals surface area (Å²) < 4.78 is 1.90. The zero-order valence-corrected chi connectivity index (χ0v) is 9.03. The highest BCUT2D eigenvalue weighted by Crippen LogP contribution is 2.32. The highest BCUT2D eigenvalue weighted by Gasteiger charge is 2.22. The van der Waals surface area contributed by atoms with Crippen molar-refractivity contribution in [3.8, 4) is 0 Å². The standard InChI is InChI=1S/C11H19N3/c1-12-11-5-3-4-9(6-11)10-7-13-14(2)8-10/h7-9,11-12H,3-6H2,1-2H3. The summed E-state index contributed by atoms with van der Waals surface area (Å²) in [6, 6.07) is 0.703. The molecule has 1 aromatic heterocycles. The van der Waals surface area contributed by atoms with E-state index in [0.29, 0.717) is 6.04 Å². The summed E-state index contributed by atoms with van der Waals surface area (Å²) in [7, 11) is 4.05. The first-order valence-electron chi connectivity index (χ1n) is 5.45. The number of nitrogens with one attached hydrogen (secondary N) is 1. The van der Waals surface area contributed by atoms with Gasteiger partial charge in [0.15, 0.2) is 0 Å². The lowest BCUT2D eigenvalue weighted by Crippen LogP contribution is -2.30. The molecule has 0 amide bonds. The Morgan fingerprint density at radius 3 is 3.00 bits per heavy atom. The van der Waals surface area contributed by atoms with E-state index in [-0.39, 0.29) is 0 Å². The van der Waals surface area contributed by atoms with E-state index >= 15 is 0 Å². The number of hydrogen-bond acceptors (Lipinski definition) is 2. The van der Waals surface area contributed by atoms with E-state index in [1.807, 2.05) is 17.9 Å². The molecular formula is C11H19N3. The van der Waals surface area contributed by atoms with Crippen molar-refractivity contribution in [3.63, 3.8) is 0 Å². The fourth-order valence-electron chi connectivity index (χ4n) is 2.41. The first-order valence-corrected chi connectivity index (χ1v) is 5.45. The quantitative estimate of drug-likeness (QED) is 0.774. The monoisotopic (exact) mass is 193 g/mol. The Kier molecular flexibility index (Phi) is 2.87. The minimum atomic E-state index is 0.703. The van der Waals surface area contributed by atoms with Crippen LogP contribution in [0.3, 0.4) is 0 Å². The molecule has 1 fully saturated rings. The summed E-state index contributed by atoms with van der Waals surface area (Å²) in [5.41, 5.74) is 1.41. The molecule has 1 aliphatic carbocycles. The molecule has 78 valence electrons. The topological polar surface area (TPSA) is 29.9 Å². The molecule has 1 saturated carbocycles. The SMILES string of the molecule is CNC1CCCC(c2cnn(C)c2)C1. The molecule has 0 aromatic carbocycles. The molecule has 0 spiro atoms. The van der Waals surface area contributed by atoms with Crippen LogP contribution in [0.25, 0.3) is 0 Å². The van der Waals surface area contributed by atoms with Crippen molar-refractivity contribution < 1.29 is 0 Å². The lowest BCUT2D eigenvalue weighted by Gasteiger charge is -2.28. The van der Waals surface area contributed by atoms with Crippen molar-refractivity contribution in [2.24, 2.45) is 7.05 Å². The third-order valence-corrected chi connectivity index (χ3v) is 3.28. The Balaban J connectivity index is 2.04. The van der Waals surface area contributed by atoms with E-state index in [9.17, 15) is 0 Å². The van der Waals surface area contributed by atoms with Gasteiger partial charge in [-0.05, 0) is 37.8 Å². The first kappa shape index (κ1) is 9.71. The predicted molar refractivity (Wildman–Crippen MR) is 57.3 cm³/mol. The summed E-state index contributed by atoms with van der Waals surface area (Å²) in [6.07, 6.45) is 9.43. The molecule has 0 saturated heterocycles. The Bertz CT molecular complexity index is 292. The minimum Gasteiger partial charge on any atom is -0.317 e. The van der Waals surface area contributed by atoms with Crippen LogP contribution in [0, 0.1) is 0 Å². The van der Waals surface area contributed by atoms with Crippen molar-refractivity contribution in [1.29, 1.82) is 0 Å². The number of hydrogen-bond donors (Lipinski definition) is 1. The molecule has 2 atom stereocenters. The van der Waals surface area contributed by atoms with Gasteiger partial charge in [0.1, 0.15) is 0 Å². The highest BCUT2D eigenvalue weighted by molar-refractivity contribution is 5.12. The van der Waals surface area contributed by atoms with E-state index in [4.69, 9.17) is 0 Å². The predicted octanol–water partition coefficient (Wildman–Crippen LogP) is 1.67. The maximum atomic E-state index is 4.24. The van der Waals surface area contributed by atoms with Gasteiger partial charge in [-0.2, -0.15) is 5.10 Å². The molecule has 0 aliphatic heterocycles. The minimum absolute atomic E-state index is 0.703. The average Bonchev–Trinajstić information content (AvgIpc) is 2.65. The van der Waals surface area contributed by atoms with Crippen LogP contribution in [0.1, 0.15) is 37.2 Å². The zero-order chi connectivity index (χ0) is 9.97. The van der Waals surface area contributed by atoms with Crippen molar-refractivity contribution in [1.82, 2.24) is 15.1 Å². The van der Waals surface area contributed by atoms with Gasteiger partial charge in [0, 0.05) is 19.3 Å². The van der Waals surface area contributed by atoms with Gasteiger partial charge in [0.2, 0.25) is 0 Å². The number of aryl methyl sites for hydroxylation is 1. The van der Waals surface area contributed by atoms with Crippen LogP contribution in [0.4, 0.5) is 0 Å². The van der Waals surface area contributed by atoms with Crippen LogP contribution in [0.15, 0.2) is 12.4 Å². The van der Waals surface area contributed by atoms with Gasteiger partial charge >= 0.3 is 0 Å². The fraction of sp³-hybridized carbons (Fsp3) is 0.727. The zero-order valence-electron chi connectivity index (χ0n) is 9.03. The Labute approximate surface area is 85.5 Å². The summed E-state index contributed by atoms with van der Waals surface area (Å²) in [6.45, 7) is 0. The van der Waals surface area contributed by atoms with Crippen molar-refractivity contribution in [2.75, 3.05) is 7.05 Å². The van der Waals surface area contributed by atoms with Crippen molar-refractivity contribution in [2.45, 2.75) is 37.6 Å². The smallest absolute Gasteiger partial charge is 0.0524 e. The Morgan fingerprint density at radius 2 is 2.36 bits per heavy atom. The average molecular weight is 193 g/mol. The second kappa shape index (κ2) is 4.13. The van der Waals surface area contributed by atoms with E-state index in [0.717, 1.165) is 5.92 Å². The molecule has 2 unspecified atom stereocenters. The molecule has 1 heterocycles. The highest BCUT2D eigenvalue weighted by atomic mass is 15.2. The van der Waals surface area contributed by atoms with Gasteiger partial charge in [-0.1, -0.05) is 6.42 Å². The van der Waals surface area contributed by atoms with Crippen molar-refractivity contribution >= 4 is 0 Å². The van der Waals surface area contributed by atoms with Gasteiger partial charge in [-0.25, -0.2) is 0 Å². The van der Waals surface area contributed by atoms with E-state index in [1.165, 1.54) is 31.2 Å². The second-order valence-corrected chi connectivity index (χ2v) is 4.30. The first-order chi connectivity index (χ1) is 6.79. The molecule has 1 N–H and O–H groups in total. The van der Waals surface area contributed by atoms with Gasteiger partial charge in [-0.15, -0.1) is 0 Å². The van der Waals surface area contributed by atoms with Crippen LogP contribution < -0.4 is 5.32 Å². The summed E-state index contributed by atoms with van der Waals surface area (Å²) in [5, 5.41) is 7.62. The van der Waals surface area contributed by atoms with E-state index in [2.05, 4.69) is 23.7 Å². The molecule has 1 aromatic rings. The fourth-order valence-corrected chi connectivity index (χ4v) is 2.41. The Morgan fingerprint density at radius 1 is 1.50 bits per heavy atom. The van der Waals surface area contributed by atoms with Crippen LogP contribution in [0.5, 0.6) is 0 Å². The number of aromatic nitrogens is 2. The number of nitrogens with zero attached hydrogens (tertiary/aromatic N) is 2.